The van der Waals surface area contributed by atoms with E-state index >= 15 is 0 Å². The number of imidazole rings is 1. The molecule has 0 radical (unpaired) electrons. The summed E-state index contributed by atoms with van der Waals surface area (Å²) in [5, 5.41) is 0. The van der Waals surface area contributed by atoms with Gasteiger partial charge in [-0.2, -0.15) is 0 Å². The molecule has 0 saturated heterocycles. The number of hydrogen-bond acceptors (Lipinski definition) is 2. The Labute approximate surface area is 90.8 Å². The summed E-state index contributed by atoms with van der Waals surface area (Å²) in [6, 6.07) is 3.95. The van der Waals surface area contributed by atoms with Crippen LogP contribution in [0, 0.1) is 13.8 Å². The maximum absolute atomic E-state index is 4.24. The first-order chi connectivity index (χ1) is 7.29. The van der Waals surface area contributed by atoms with Crippen LogP contribution in [0.15, 0.2) is 30.7 Å². The van der Waals surface area contributed by atoms with Crippen molar-refractivity contribution in [2.24, 2.45) is 0 Å². The molecule has 0 fully saturated rings. The van der Waals surface area contributed by atoms with Gasteiger partial charge in [-0.15, -0.1) is 0 Å². The lowest BCUT2D eigenvalue weighted by atomic mass is 10.4. The summed E-state index contributed by atoms with van der Waals surface area (Å²) in [5.41, 5.74) is 2.26. The Bertz CT molecular complexity index is 385. The van der Waals surface area contributed by atoms with Crippen molar-refractivity contribution in [1.82, 2.24) is 14.5 Å². The molecule has 0 atom stereocenters. The van der Waals surface area contributed by atoms with Crippen LogP contribution in [0.5, 0.6) is 0 Å². The van der Waals surface area contributed by atoms with Crippen molar-refractivity contribution in [3.8, 4) is 5.69 Å². The van der Waals surface area contributed by atoms with E-state index in [1.54, 1.807) is 12.4 Å². The van der Waals surface area contributed by atoms with Crippen molar-refractivity contribution < 1.29 is 0 Å². The van der Waals surface area contributed by atoms with Crippen molar-refractivity contribution >= 4 is 0 Å². The molecule has 3 nitrogen and oxygen atoms in total. The van der Waals surface area contributed by atoms with Crippen LogP contribution in [0.1, 0.15) is 25.4 Å². The number of rotatable bonds is 1. The van der Waals surface area contributed by atoms with Crippen LogP contribution < -0.4 is 0 Å². The maximum atomic E-state index is 4.24. The normalized spacial score (nSPS) is 9.33. The van der Waals surface area contributed by atoms with Crippen molar-refractivity contribution in [3.63, 3.8) is 0 Å². The standard InChI is InChI=1S/C10H11N3.C2H6/c1-8-7-12-9(2)13(8)10-3-5-11-6-4-10;1-2/h3-7H,1-2H3;1-2H3. The molecule has 0 aromatic carbocycles. The summed E-state index contributed by atoms with van der Waals surface area (Å²) in [6.45, 7) is 8.04. The third-order valence-corrected chi connectivity index (χ3v) is 2.04. The third kappa shape index (κ3) is 2.43. The average Bonchev–Trinajstić information content (AvgIpc) is 2.63. The van der Waals surface area contributed by atoms with Gasteiger partial charge in [-0.1, -0.05) is 13.8 Å². The van der Waals surface area contributed by atoms with Gasteiger partial charge in [-0.3, -0.25) is 4.98 Å². The van der Waals surface area contributed by atoms with Gasteiger partial charge in [0.1, 0.15) is 5.82 Å². The van der Waals surface area contributed by atoms with Crippen molar-refractivity contribution in [2.75, 3.05) is 0 Å². The van der Waals surface area contributed by atoms with Gasteiger partial charge in [-0.05, 0) is 26.0 Å². The van der Waals surface area contributed by atoms with E-state index in [9.17, 15) is 0 Å². The van der Waals surface area contributed by atoms with Gasteiger partial charge in [0, 0.05) is 24.3 Å². The summed E-state index contributed by atoms with van der Waals surface area (Å²) >= 11 is 0. The first-order valence-corrected chi connectivity index (χ1v) is 5.20. The second-order valence-electron chi connectivity index (χ2n) is 2.99. The first-order valence-electron chi connectivity index (χ1n) is 5.20. The molecule has 2 aromatic heterocycles. The van der Waals surface area contributed by atoms with E-state index in [-0.39, 0.29) is 0 Å². The van der Waals surface area contributed by atoms with Gasteiger partial charge in [-0.25, -0.2) is 4.98 Å². The number of nitrogens with zero attached hydrogens (tertiary/aromatic N) is 3. The zero-order chi connectivity index (χ0) is 11.3. The van der Waals surface area contributed by atoms with E-state index in [0.29, 0.717) is 0 Å². The molecular weight excluding hydrogens is 186 g/mol. The molecule has 3 heteroatoms. The van der Waals surface area contributed by atoms with E-state index in [2.05, 4.69) is 14.5 Å². The van der Waals surface area contributed by atoms with Crippen LogP contribution in [-0.4, -0.2) is 14.5 Å². The summed E-state index contributed by atoms with van der Waals surface area (Å²) in [7, 11) is 0. The molecule has 0 amide bonds. The number of aromatic nitrogens is 3. The lowest BCUT2D eigenvalue weighted by Gasteiger charge is -2.06. The Kier molecular flexibility index (Phi) is 4.03. The van der Waals surface area contributed by atoms with Crippen molar-refractivity contribution in [3.05, 3.63) is 42.2 Å². The molecular formula is C12H17N3. The third-order valence-electron chi connectivity index (χ3n) is 2.04. The smallest absolute Gasteiger partial charge is 0.110 e. The second kappa shape index (κ2) is 5.29. The Balaban J connectivity index is 0.000000531. The summed E-state index contributed by atoms with van der Waals surface area (Å²) in [6.07, 6.45) is 5.44. The lowest BCUT2D eigenvalue weighted by molar-refractivity contribution is 0.937. The minimum atomic E-state index is 1.00. The SMILES string of the molecule is CC.Cc1cnc(C)n1-c1ccncc1. The maximum Gasteiger partial charge on any atom is 0.110 e. The zero-order valence-electron chi connectivity index (χ0n) is 9.73. The number of aryl methyl sites for hydroxylation is 2. The molecule has 0 N–H and O–H groups in total. The monoisotopic (exact) mass is 203 g/mol. The highest BCUT2D eigenvalue weighted by molar-refractivity contribution is 5.32. The van der Waals surface area contributed by atoms with Crippen molar-refractivity contribution in [2.45, 2.75) is 27.7 Å². The van der Waals surface area contributed by atoms with Crippen LogP contribution in [0.2, 0.25) is 0 Å². The molecule has 2 aromatic rings. The Morgan fingerprint density at radius 1 is 1.07 bits per heavy atom. The first kappa shape index (κ1) is 11.4. The van der Waals surface area contributed by atoms with Gasteiger partial charge >= 0.3 is 0 Å². The van der Waals surface area contributed by atoms with Gasteiger partial charge in [0.15, 0.2) is 0 Å². The minimum Gasteiger partial charge on any atom is -0.301 e. The van der Waals surface area contributed by atoms with Crippen LogP contribution in [0.4, 0.5) is 0 Å². The van der Waals surface area contributed by atoms with Crippen LogP contribution in [0.25, 0.3) is 5.69 Å². The van der Waals surface area contributed by atoms with Gasteiger partial charge in [0.25, 0.3) is 0 Å². The zero-order valence-corrected chi connectivity index (χ0v) is 9.73. The predicted octanol–water partition coefficient (Wildman–Crippen LogP) is 2.91. The molecule has 80 valence electrons. The van der Waals surface area contributed by atoms with E-state index in [0.717, 1.165) is 17.2 Å². The summed E-state index contributed by atoms with van der Waals surface area (Å²) in [4.78, 5) is 8.22. The highest BCUT2D eigenvalue weighted by atomic mass is 15.1. The fourth-order valence-corrected chi connectivity index (χ4v) is 1.44. The van der Waals surface area contributed by atoms with Crippen LogP contribution >= 0.6 is 0 Å². The van der Waals surface area contributed by atoms with E-state index < -0.39 is 0 Å². The number of hydrogen-bond donors (Lipinski definition) is 0. The Morgan fingerprint density at radius 2 is 1.67 bits per heavy atom. The topological polar surface area (TPSA) is 30.7 Å². The highest BCUT2D eigenvalue weighted by Gasteiger charge is 2.03. The van der Waals surface area contributed by atoms with Gasteiger partial charge in [0.2, 0.25) is 0 Å². The fraction of sp³-hybridized carbons (Fsp3) is 0.333. The molecule has 15 heavy (non-hydrogen) atoms. The van der Waals surface area contributed by atoms with Gasteiger partial charge < -0.3 is 4.57 Å². The fourth-order valence-electron chi connectivity index (χ4n) is 1.44. The molecule has 0 aliphatic carbocycles. The predicted molar refractivity (Wildman–Crippen MR) is 62.2 cm³/mol. The molecule has 0 aliphatic rings. The average molecular weight is 203 g/mol. The molecule has 0 spiro atoms. The quantitative estimate of drug-likeness (QED) is 0.713. The molecule has 2 rings (SSSR count). The van der Waals surface area contributed by atoms with E-state index in [4.69, 9.17) is 0 Å². The molecule has 0 unspecified atom stereocenters. The lowest BCUT2D eigenvalue weighted by Crippen LogP contribution is -1.98. The van der Waals surface area contributed by atoms with Crippen LogP contribution in [0.3, 0.4) is 0 Å². The highest BCUT2D eigenvalue weighted by Crippen LogP contribution is 2.11. The molecule has 0 saturated carbocycles. The van der Waals surface area contributed by atoms with Crippen LogP contribution in [-0.2, 0) is 0 Å². The largest absolute Gasteiger partial charge is 0.301 e. The molecule has 0 aliphatic heterocycles. The summed E-state index contributed by atoms with van der Waals surface area (Å²) < 4.78 is 2.10. The minimum absolute atomic E-state index is 1.00. The van der Waals surface area contributed by atoms with Gasteiger partial charge in [0.05, 0.1) is 5.69 Å². The molecule has 2 heterocycles. The number of pyridine rings is 1. The summed E-state index contributed by atoms with van der Waals surface area (Å²) in [5.74, 6) is 1.00. The van der Waals surface area contributed by atoms with E-state index in [1.165, 1.54) is 0 Å². The Hall–Kier alpha value is -1.64. The Morgan fingerprint density at radius 3 is 2.13 bits per heavy atom. The molecule has 0 bridgehead atoms. The van der Waals surface area contributed by atoms with E-state index in [1.807, 2.05) is 46.0 Å². The van der Waals surface area contributed by atoms with Crippen molar-refractivity contribution in [1.29, 1.82) is 0 Å². The second-order valence-corrected chi connectivity index (χ2v) is 2.99.